The van der Waals surface area contributed by atoms with E-state index >= 15 is 0 Å². The first-order valence-electron chi connectivity index (χ1n) is 8.39. The van der Waals surface area contributed by atoms with Gasteiger partial charge in [0.25, 0.3) is 0 Å². The van der Waals surface area contributed by atoms with Gasteiger partial charge in [0.05, 0.1) is 0 Å². The summed E-state index contributed by atoms with van der Waals surface area (Å²) in [6, 6.07) is 37.6. The molecule has 2 nitrogen and oxygen atoms in total. The third-order valence-electron chi connectivity index (χ3n) is 3.92. The molecule has 0 spiro atoms. The second-order valence-electron chi connectivity index (χ2n) is 5.73. The normalized spacial score (nSPS) is 7.53. The number of para-hydroxylation sites is 2. The molecule has 6 heteroatoms. The van der Waals surface area contributed by atoms with Crippen molar-refractivity contribution in [3.05, 3.63) is 109 Å². The first kappa shape index (κ1) is 45.8. The maximum atomic E-state index is 5.83. The molecule has 0 aliphatic heterocycles. The Labute approximate surface area is 248 Å². The average molecular weight is 684 g/mol. The summed E-state index contributed by atoms with van der Waals surface area (Å²) in [5, 5.41) is 0. The molecular formula is C28H36Cl2N2Pd2-2. The molecule has 0 saturated heterocycles. The summed E-state index contributed by atoms with van der Waals surface area (Å²) in [6.45, 7) is 0. The van der Waals surface area contributed by atoms with Crippen molar-refractivity contribution in [1.82, 2.24) is 0 Å². The van der Waals surface area contributed by atoms with Gasteiger partial charge in [-0.05, 0) is 35.4 Å². The number of anilines is 2. The molecule has 4 N–H and O–H groups in total. The molecule has 4 rings (SSSR count). The van der Waals surface area contributed by atoms with E-state index in [0.717, 1.165) is 33.6 Å². The molecule has 0 amide bonds. The molecule has 0 heterocycles. The van der Waals surface area contributed by atoms with E-state index in [-0.39, 0.29) is 95.4 Å². The van der Waals surface area contributed by atoms with Crippen LogP contribution in [0.25, 0.3) is 22.3 Å². The van der Waals surface area contributed by atoms with Crippen LogP contribution in [0.4, 0.5) is 11.4 Å². The van der Waals surface area contributed by atoms with E-state index in [1.807, 2.05) is 97.1 Å². The van der Waals surface area contributed by atoms with E-state index in [0.29, 0.717) is 0 Å². The predicted octanol–water partition coefficient (Wildman–Crippen LogP) is 2.02. The van der Waals surface area contributed by atoms with Crippen molar-refractivity contribution in [1.29, 1.82) is 0 Å². The fourth-order valence-corrected chi connectivity index (χ4v) is 2.61. The van der Waals surface area contributed by atoms with Crippen molar-refractivity contribution >= 4 is 11.4 Å². The topological polar surface area (TPSA) is 52.0 Å². The molecule has 4 aromatic carbocycles. The van der Waals surface area contributed by atoms with Crippen LogP contribution in [0.5, 0.6) is 0 Å². The zero-order chi connectivity index (χ0) is 18.2. The Morgan fingerprint density at radius 2 is 0.735 bits per heavy atom. The van der Waals surface area contributed by atoms with Gasteiger partial charge in [-0.1, -0.05) is 115 Å². The number of benzene rings is 4. The van der Waals surface area contributed by atoms with E-state index in [1.54, 1.807) is 0 Å². The molecule has 0 fully saturated rings. The summed E-state index contributed by atoms with van der Waals surface area (Å²) in [5.74, 6) is 0. The molecule has 0 aliphatic carbocycles. The third-order valence-corrected chi connectivity index (χ3v) is 3.92. The maximum absolute atomic E-state index is 5.83. The zero-order valence-electron chi connectivity index (χ0n) is 15.8. The molecule has 0 aliphatic rings. The second kappa shape index (κ2) is 24.5. The number of rotatable bonds is 2. The van der Waals surface area contributed by atoms with Gasteiger partial charge in [0.1, 0.15) is 0 Å². The molecule has 0 atom stereocenters. The van der Waals surface area contributed by atoms with E-state index in [1.165, 1.54) is 0 Å². The fourth-order valence-electron chi connectivity index (χ4n) is 2.61. The van der Waals surface area contributed by atoms with Crippen molar-refractivity contribution in [2.24, 2.45) is 0 Å². The van der Waals surface area contributed by atoms with E-state index in [4.69, 9.17) is 11.5 Å². The van der Waals surface area contributed by atoms with Crippen molar-refractivity contribution in [2.75, 3.05) is 11.5 Å². The Morgan fingerprint density at radius 3 is 1.00 bits per heavy atom. The molecule has 0 saturated carbocycles. The summed E-state index contributed by atoms with van der Waals surface area (Å²) in [4.78, 5) is 0. The number of hydrogen-bond donors (Lipinski definition) is 2. The second-order valence-corrected chi connectivity index (χ2v) is 5.73. The Bertz CT molecular complexity index is 889. The Morgan fingerprint density at radius 1 is 0.441 bits per heavy atom. The summed E-state index contributed by atoms with van der Waals surface area (Å²) in [7, 11) is 0. The van der Waals surface area contributed by atoms with Crippen molar-refractivity contribution in [3.63, 3.8) is 0 Å². The maximum Gasteiger partial charge on any atom is 0.0393 e. The predicted molar refractivity (Wildman–Crippen MR) is 137 cm³/mol. The molecule has 194 valence electrons. The first-order chi connectivity index (χ1) is 12.8. The smallest absolute Gasteiger partial charge is 0.0393 e. The van der Waals surface area contributed by atoms with Crippen molar-refractivity contribution in [3.8, 4) is 22.3 Å². The Hall–Kier alpha value is -1.62. The summed E-state index contributed by atoms with van der Waals surface area (Å²) >= 11 is 0. The minimum absolute atomic E-state index is 0. The van der Waals surface area contributed by atoms with Crippen molar-refractivity contribution < 1.29 is 65.7 Å². The van der Waals surface area contributed by atoms with Crippen LogP contribution < -0.4 is 36.3 Å². The van der Waals surface area contributed by atoms with Gasteiger partial charge in [-0.2, -0.15) is 0 Å². The van der Waals surface area contributed by atoms with Gasteiger partial charge in [0.15, 0.2) is 0 Å². The van der Waals surface area contributed by atoms with Crippen LogP contribution in [-0.4, -0.2) is 0 Å². The van der Waals surface area contributed by atoms with Crippen LogP contribution in [0.1, 0.15) is 29.7 Å². The minimum atomic E-state index is 0. The molecule has 2 radical (unpaired) electrons. The average Bonchev–Trinajstić information content (AvgIpc) is 2.71. The monoisotopic (exact) mass is 682 g/mol. The fraction of sp³-hybridized carbons (Fsp3) is 0.143. The molecule has 4 aromatic rings. The first-order valence-corrected chi connectivity index (χ1v) is 8.39. The van der Waals surface area contributed by atoms with Gasteiger partial charge in [0.2, 0.25) is 0 Å². The van der Waals surface area contributed by atoms with Crippen LogP contribution in [0, 0.1) is 12.1 Å². The molecular weight excluding hydrogens is 648 g/mol. The van der Waals surface area contributed by atoms with Gasteiger partial charge in [-0.25, -0.2) is 0 Å². The van der Waals surface area contributed by atoms with Gasteiger partial charge < -0.3 is 36.3 Å². The molecule has 34 heavy (non-hydrogen) atoms. The van der Waals surface area contributed by atoms with E-state index in [2.05, 4.69) is 12.1 Å². The van der Waals surface area contributed by atoms with Gasteiger partial charge in [0, 0.05) is 63.3 Å². The van der Waals surface area contributed by atoms with Crippen LogP contribution in [0.3, 0.4) is 0 Å². The number of hydrogen-bond acceptors (Lipinski definition) is 2. The van der Waals surface area contributed by atoms with Crippen LogP contribution in [0.15, 0.2) is 97.1 Å². The molecule has 0 aromatic heterocycles. The minimum Gasteiger partial charge on any atom is -1.00 e. The van der Waals surface area contributed by atoms with Crippen molar-refractivity contribution in [2.45, 2.75) is 29.7 Å². The summed E-state index contributed by atoms with van der Waals surface area (Å²) < 4.78 is 0. The summed E-state index contributed by atoms with van der Waals surface area (Å²) in [6.07, 6.45) is 0. The van der Waals surface area contributed by atoms with Gasteiger partial charge in [-0.15, -0.1) is 0 Å². The Balaban J connectivity index is -0.0000000933. The van der Waals surface area contributed by atoms with Gasteiger partial charge in [-0.3, -0.25) is 0 Å². The van der Waals surface area contributed by atoms with Crippen LogP contribution >= 0.6 is 0 Å². The summed E-state index contributed by atoms with van der Waals surface area (Å²) in [5.41, 5.74) is 17.4. The van der Waals surface area contributed by atoms with Crippen LogP contribution in [0.2, 0.25) is 0 Å². The molecule has 0 bridgehead atoms. The van der Waals surface area contributed by atoms with Gasteiger partial charge >= 0.3 is 0 Å². The standard InChI is InChI=1S/2C12H10N.4CH4.2ClH.2Pd/c2*13-12-9-5-4-8-11(12)10-6-2-1-3-7-10;;;;;;;;/h2*1-6,8-9H,13H2;4*1H4;2*1H;;/p-2. The van der Waals surface area contributed by atoms with E-state index < -0.39 is 0 Å². The van der Waals surface area contributed by atoms with Crippen LogP contribution in [-0.2, 0) is 40.8 Å². The molecule has 0 unspecified atom stereocenters. The Kier molecular flexibility index (Phi) is 33.0. The number of halogens is 2. The number of nitrogens with two attached hydrogens (primary N) is 2. The number of nitrogen functional groups attached to an aromatic ring is 2. The third kappa shape index (κ3) is 13.3. The van der Waals surface area contributed by atoms with E-state index in [9.17, 15) is 0 Å². The quantitative estimate of drug-likeness (QED) is 0.251. The zero-order valence-corrected chi connectivity index (χ0v) is 20.4. The largest absolute Gasteiger partial charge is 1.00 e. The SMILES string of the molecule is C.C.C.C.Nc1ccccc1-c1[c]cccc1.Nc1ccccc1-c1[c]cccc1.[Cl-].[Cl-].[Pd].[Pd].